The summed E-state index contributed by atoms with van der Waals surface area (Å²) in [6.45, 7) is 5.32. The van der Waals surface area contributed by atoms with Gasteiger partial charge in [-0.25, -0.2) is 4.79 Å². The molecule has 0 spiro atoms. The Balaban J connectivity index is 2.45. The molecule has 4 N–H and O–H groups in total. The molecule has 0 radical (unpaired) electrons. The Morgan fingerprint density at radius 1 is 1.60 bits per heavy atom. The number of aliphatic hydroxyl groups is 1. The number of ether oxygens (including phenoxy) is 1. The summed E-state index contributed by atoms with van der Waals surface area (Å²) < 4.78 is 5.05. The average Bonchev–Trinajstić information content (AvgIpc) is 2.25. The summed E-state index contributed by atoms with van der Waals surface area (Å²) in [6, 6.07) is -0.0510. The average molecular weight is 216 g/mol. The van der Waals surface area contributed by atoms with Crippen LogP contribution in [0.1, 0.15) is 40.0 Å². The van der Waals surface area contributed by atoms with Gasteiger partial charge in [0.15, 0.2) is 0 Å². The molecule has 2 unspecified atom stereocenters. The van der Waals surface area contributed by atoms with E-state index in [0.717, 1.165) is 0 Å². The van der Waals surface area contributed by atoms with E-state index < -0.39 is 17.4 Å². The lowest BCUT2D eigenvalue weighted by atomic mass is 10.2. The molecule has 2 atom stereocenters. The monoisotopic (exact) mass is 216 g/mol. The van der Waals surface area contributed by atoms with Gasteiger partial charge in [-0.2, -0.15) is 0 Å². The molecule has 1 aliphatic rings. The van der Waals surface area contributed by atoms with Gasteiger partial charge in [0.1, 0.15) is 11.3 Å². The predicted molar refractivity (Wildman–Crippen MR) is 56.1 cm³/mol. The molecule has 1 amide bonds. The molecule has 0 bridgehead atoms. The second-order valence-corrected chi connectivity index (χ2v) is 5.16. The van der Waals surface area contributed by atoms with E-state index in [1.807, 2.05) is 0 Å². The Bertz CT molecular complexity index is 250. The van der Waals surface area contributed by atoms with Crippen LogP contribution in [0, 0.1) is 0 Å². The summed E-state index contributed by atoms with van der Waals surface area (Å²) >= 11 is 0. The molecule has 1 fully saturated rings. The van der Waals surface area contributed by atoms with Crippen molar-refractivity contribution >= 4 is 6.09 Å². The van der Waals surface area contributed by atoms with Gasteiger partial charge in [0.25, 0.3) is 0 Å². The molecule has 0 heterocycles. The van der Waals surface area contributed by atoms with E-state index in [-0.39, 0.29) is 6.04 Å². The normalized spacial score (nSPS) is 31.4. The van der Waals surface area contributed by atoms with Crippen LogP contribution in [0.25, 0.3) is 0 Å². The first kappa shape index (κ1) is 12.3. The number of alkyl carbamates (subject to hydrolysis) is 1. The summed E-state index contributed by atoms with van der Waals surface area (Å²) in [6.07, 6.45) is 0.977. The first-order valence-corrected chi connectivity index (χ1v) is 5.19. The minimum atomic E-state index is -1.19. The fourth-order valence-corrected chi connectivity index (χ4v) is 1.67. The molecule has 5 nitrogen and oxygen atoms in total. The highest BCUT2D eigenvalue weighted by Crippen LogP contribution is 2.26. The molecule has 1 aliphatic carbocycles. The van der Waals surface area contributed by atoms with Crippen LogP contribution >= 0.6 is 0 Å². The van der Waals surface area contributed by atoms with Gasteiger partial charge in [0, 0.05) is 12.5 Å². The smallest absolute Gasteiger partial charge is 0.409 e. The maximum atomic E-state index is 11.4. The van der Waals surface area contributed by atoms with Crippen LogP contribution in [0.2, 0.25) is 0 Å². The fraction of sp³-hybridized carbons (Fsp3) is 0.900. The van der Waals surface area contributed by atoms with E-state index in [9.17, 15) is 9.90 Å². The van der Waals surface area contributed by atoms with Crippen LogP contribution in [0.15, 0.2) is 0 Å². The number of amides is 1. The van der Waals surface area contributed by atoms with Crippen molar-refractivity contribution in [3.8, 4) is 0 Å². The summed E-state index contributed by atoms with van der Waals surface area (Å²) in [5.41, 5.74) is 3.91. The van der Waals surface area contributed by atoms with E-state index in [2.05, 4.69) is 5.32 Å². The molecule has 5 heteroatoms. The van der Waals surface area contributed by atoms with Crippen molar-refractivity contribution in [1.82, 2.24) is 5.32 Å². The van der Waals surface area contributed by atoms with E-state index in [0.29, 0.717) is 19.3 Å². The molecular weight excluding hydrogens is 196 g/mol. The third kappa shape index (κ3) is 4.05. The SMILES string of the molecule is CC(C)(C)OC(=O)NC1(O)CCC(N)C1. The molecule has 0 aromatic carbocycles. The van der Waals surface area contributed by atoms with Gasteiger partial charge in [0.2, 0.25) is 0 Å². The first-order valence-electron chi connectivity index (χ1n) is 5.19. The summed E-state index contributed by atoms with van der Waals surface area (Å²) in [5.74, 6) is 0. The predicted octanol–water partition coefficient (Wildman–Crippen LogP) is 0.711. The lowest BCUT2D eigenvalue weighted by Gasteiger charge is -2.27. The Labute approximate surface area is 90.0 Å². The second kappa shape index (κ2) is 3.98. The third-order valence-corrected chi connectivity index (χ3v) is 2.26. The quantitative estimate of drug-likeness (QED) is 0.564. The lowest BCUT2D eigenvalue weighted by Crippen LogP contribution is -2.49. The molecule has 15 heavy (non-hydrogen) atoms. The zero-order valence-electron chi connectivity index (χ0n) is 9.54. The topological polar surface area (TPSA) is 84.6 Å². The van der Waals surface area contributed by atoms with Gasteiger partial charge < -0.3 is 15.6 Å². The van der Waals surface area contributed by atoms with Crippen molar-refractivity contribution in [2.24, 2.45) is 5.73 Å². The number of nitrogens with one attached hydrogen (secondary N) is 1. The van der Waals surface area contributed by atoms with Crippen molar-refractivity contribution in [3.63, 3.8) is 0 Å². The van der Waals surface area contributed by atoms with Crippen molar-refractivity contribution < 1.29 is 14.6 Å². The molecule has 0 aromatic heterocycles. The van der Waals surface area contributed by atoms with Crippen molar-refractivity contribution in [1.29, 1.82) is 0 Å². The maximum absolute atomic E-state index is 11.4. The van der Waals surface area contributed by atoms with Gasteiger partial charge in [-0.05, 0) is 33.6 Å². The summed E-state index contributed by atoms with van der Waals surface area (Å²) in [4.78, 5) is 11.4. The van der Waals surface area contributed by atoms with Crippen LogP contribution in [0.3, 0.4) is 0 Å². The van der Waals surface area contributed by atoms with Gasteiger partial charge in [0.05, 0.1) is 0 Å². The van der Waals surface area contributed by atoms with Crippen molar-refractivity contribution in [3.05, 3.63) is 0 Å². The maximum Gasteiger partial charge on any atom is 0.409 e. The van der Waals surface area contributed by atoms with Crippen molar-refractivity contribution in [2.45, 2.75) is 57.4 Å². The Hall–Kier alpha value is -0.810. The molecular formula is C10H20N2O3. The van der Waals surface area contributed by atoms with Crippen LogP contribution in [0.4, 0.5) is 4.79 Å². The largest absolute Gasteiger partial charge is 0.444 e. The molecule has 0 aliphatic heterocycles. The fourth-order valence-electron chi connectivity index (χ4n) is 1.67. The van der Waals surface area contributed by atoms with E-state index in [1.54, 1.807) is 20.8 Å². The lowest BCUT2D eigenvalue weighted by molar-refractivity contribution is -0.0100. The molecule has 88 valence electrons. The number of nitrogens with two attached hydrogens (primary N) is 1. The third-order valence-electron chi connectivity index (χ3n) is 2.26. The zero-order chi connectivity index (χ0) is 11.7. The highest BCUT2D eigenvalue weighted by Gasteiger charge is 2.38. The minimum absolute atomic E-state index is 0.0510. The highest BCUT2D eigenvalue weighted by molar-refractivity contribution is 5.68. The molecule has 1 saturated carbocycles. The molecule has 0 saturated heterocycles. The Kier molecular flexibility index (Phi) is 3.25. The Morgan fingerprint density at radius 2 is 2.20 bits per heavy atom. The van der Waals surface area contributed by atoms with Crippen molar-refractivity contribution in [2.75, 3.05) is 0 Å². The summed E-state index contributed by atoms with van der Waals surface area (Å²) in [7, 11) is 0. The standard InChI is InChI=1S/C10H20N2O3/c1-9(2,3)15-8(13)12-10(14)5-4-7(11)6-10/h7,14H,4-6,11H2,1-3H3,(H,12,13). The number of rotatable bonds is 1. The molecule has 1 rings (SSSR count). The number of hydrogen-bond donors (Lipinski definition) is 3. The van der Waals surface area contributed by atoms with Gasteiger partial charge in [-0.3, -0.25) is 5.32 Å². The summed E-state index contributed by atoms with van der Waals surface area (Å²) in [5, 5.41) is 12.4. The van der Waals surface area contributed by atoms with E-state index in [4.69, 9.17) is 10.5 Å². The van der Waals surface area contributed by atoms with Crippen LogP contribution in [-0.4, -0.2) is 28.6 Å². The van der Waals surface area contributed by atoms with E-state index >= 15 is 0 Å². The minimum Gasteiger partial charge on any atom is -0.444 e. The zero-order valence-corrected chi connectivity index (χ0v) is 9.54. The van der Waals surface area contributed by atoms with Crippen LogP contribution in [0.5, 0.6) is 0 Å². The number of carbonyl (C=O) groups is 1. The van der Waals surface area contributed by atoms with Gasteiger partial charge in [-0.1, -0.05) is 0 Å². The van der Waals surface area contributed by atoms with E-state index in [1.165, 1.54) is 0 Å². The second-order valence-electron chi connectivity index (χ2n) is 5.16. The van der Waals surface area contributed by atoms with Crippen LogP contribution < -0.4 is 11.1 Å². The molecule has 0 aromatic rings. The van der Waals surface area contributed by atoms with Crippen LogP contribution in [-0.2, 0) is 4.74 Å². The van der Waals surface area contributed by atoms with Gasteiger partial charge in [-0.15, -0.1) is 0 Å². The Morgan fingerprint density at radius 3 is 2.60 bits per heavy atom. The highest BCUT2D eigenvalue weighted by atomic mass is 16.6. The number of carbonyl (C=O) groups excluding carboxylic acids is 1. The number of hydrogen-bond acceptors (Lipinski definition) is 4. The van der Waals surface area contributed by atoms with Gasteiger partial charge >= 0.3 is 6.09 Å². The first-order chi connectivity index (χ1) is 6.70.